The van der Waals surface area contributed by atoms with Gasteiger partial charge in [0, 0.05) is 48.2 Å². The monoisotopic (exact) mass is 404 g/mol. The Labute approximate surface area is 173 Å². The zero-order chi connectivity index (χ0) is 21.6. The lowest BCUT2D eigenvalue weighted by molar-refractivity contribution is 0.226. The lowest BCUT2D eigenvalue weighted by Gasteiger charge is -2.26. The first-order valence-electron chi connectivity index (χ1n) is 9.38. The largest absolute Gasteiger partial charge is 0.482 e. The average Bonchev–Trinajstić information content (AvgIpc) is 3.03. The van der Waals surface area contributed by atoms with Crippen LogP contribution in [-0.2, 0) is 13.6 Å². The Morgan fingerprint density at radius 3 is 2.83 bits per heavy atom. The summed E-state index contributed by atoms with van der Waals surface area (Å²) in [7, 11) is 3.60. The van der Waals surface area contributed by atoms with Gasteiger partial charge in [0.1, 0.15) is 23.7 Å². The molecule has 0 amide bonds. The summed E-state index contributed by atoms with van der Waals surface area (Å²) in [4.78, 5) is 6.18. The van der Waals surface area contributed by atoms with Crippen molar-refractivity contribution in [1.29, 1.82) is 5.26 Å². The fourth-order valence-corrected chi connectivity index (χ4v) is 3.72. The van der Waals surface area contributed by atoms with Crippen LogP contribution in [0.3, 0.4) is 0 Å². The van der Waals surface area contributed by atoms with Crippen LogP contribution >= 0.6 is 0 Å². The van der Waals surface area contributed by atoms with Crippen molar-refractivity contribution in [2.45, 2.75) is 19.6 Å². The Morgan fingerprint density at radius 2 is 2.10 bits per heavy atom. The maximum Gasteiger partial charge on any atom is 0.166 e. The fraction of sp³-hybridized carbons (Fsp3) is 0.227. The summed E-state index contributed by atoms with van der Waals surface area (Å²) in [5.74, 6) is 0.200. The van der Waals surface area contributed by atoms with Crippen molar-refractivity contribution in [3.05, 3.63) is 65.4 Å². The number of aromatic nitrogens is 3. The van der Waals surface area contributed by atoms with E-state index in [-0.39, 0.29) is 11.6 Å². The van der Waals surface area contributed by atoms with Gasteiger partial charge in [-0.1, -0.05) is 6.58 Å². The second-order valence-corrected chi connectivity index (χ2v) is 7.31. The molecular weight excluding hydrogens is 383 g/mol. The average molecular weight is 404 g/mol. The smallest absolute Gasteiger partial charge is 0.166 e. The predicted molar refractivity (Wildman–Crippen MR) is 112 cm³/mol. The van der Waals surface area contributed by atoms with Crippen molar-refractivity contribution in [2.24, 2.45) is 7.05 Å². The van der Waals surface area contributed by atoms with Crippen LogP contribution in [0.15, 0.2) is 37.0 Å². The summed E-state index contributed by atoms with van der Waals surface area (Å²) in [6.45, 7) is 6.43. The minimum atomic E-state index is -0.511. The van der Waals surface area contributed by atoms with Gasteiger partial charge in [-0.05, 0) is 31.2 Å². The third-order valence-corrected chi connectivity index (χ3v) is 5.31. The number of hydrogen-bond acceptors (Lipinski definition) is 6. The number of benzene rings is 1. The summed E-state index contributed by atoms with van der Waals surface area (Å²) in [5, 5.41) is 14.2. The van der Waals surface area contributed by atoms with Crippen LogP contribution < -0.4 is 10.5 Å². The summed E-state index contributed by atoms with van der Waals surface area (Å²) >= 11 is 0. The SMILES string of the molecule is C=C1c2ccc(F)cc2C(C)Oc2cc(cnc2N)-c2c(nn(C)c2C#N)CN1C. The molecule has 2 bridgehead atoms. The van der Waals surface area contributed by atoms with Crippen LogP contribution in [-0.4, -0.2) is 26.7 Å². The molecule has 30 heavy (non-hydrogen) atoms. The van der Waals surface area contributed by atoms with Gasteiger partial charge in [-0.15, -0.1) is 0 Å². The van der Waals surface area contributed by atoms with Gasteiger partial charge >= 0.3 is 0 Å². The van der Waals surface area contributed by atoms with E-state index in [0.717, 1.165) is 5.56 Å². The number of halogens is 1. The first-order chi connectivity index (χ1) is 14.3. The second kappa shape index (κ2) is 7.19. The van der Waals surface area contributed by atoms with Crippen molar-refractivity contribution >= 4 is 11.5 Å². The molecule has 2 N–H and O–H groups in total. The molecule has 0 spiro atoms. The van der Waals surface area contributed by atoms with Crippen LogP contribution in [0.5, 0.6) is 5.75 Å². The number of ether oxygens (including phenoxy) is 1. The van der Waals surface area contributed by atoms with Crippen molar-refractivity contribution < 1.29 is 9.13 Å². The Kier molecular flexibility index (Phi) is 4.66. The first-order valence-corrected chi connectivity index (χ1v) is 9.38. The van der Waals surface area contributed by atoms with Crippen molar-refractivity contribution in [1.82, 2.24) is 19.7 Å². The number of nitriles is 1. The number of pyridine rings is 1. The predicted octanol–water partition coefficient (Wildman–Crippen LogP) is 3.63. The van der Waals surface area contributed by atoms with Crippen LogP contribution in [0.1, 0.15) is 35.5 Å². The van der Waals surface area contributed by atoms with E-state index < -0.39 is 6.10 Å². The number of nitrogens with two attached hydrogens (primary N) is 1. The number of anilines is 1. The Bertz CT molecular complexity index is 1210. The molecule has 0 saturated heterocycles. The molecular formula is C22H21FN6O. The first kappa shape index (κ1) is 19.5. The standard InChI is InChI=1S/C22H21FN6O/c1-12-16-6-5-15(23)8-17(16)13(2)30-20-7-14(10-26-22(20)25)21-18(11-28(12)3)27-29(4)19(21)9-24/h5-8,10,13H,1,11H2,2-4H3,(H2,25,26). The van der Waals surface area contributed by atoms with E-state index in [4.69, 9.17) is 10.5 Å². The summed E-state index contributed by atoms with van der Waals surface area (Å²) in [6, 6.07) is 8.49. The lowest BCUT2D eigenvalue weighted by Crippen LogP contribution is -2.19. The Morgan fingerprint density at radius 1 is 1.33 bits per heavy atom. The van der Waals surface area contributed by atoms with Crippen LogP contribution in [0, 0.1) is 17.1 Å². The van der Waals surface area contributed by atoms with Gasteiger partial charge in [-0.25, -0.2) is 9.37 Å². The molecule has 1 aliphatic heterocycles. The molecule has 4 rings (SSSR count). The highest BCUT2D eigenvalue weighted by Crippen LogP contribution is 2.37. The maximum atomic E-state index is 14.1. The summed E-state index contributed by atoms with van der Waals surface area (Å²) in [5.41, 5.74) is 10.6. The Hall–Kier alpha value is -3.86. The highest BCUT2D eigenvalue weighted by molar-refractivity contribution is 5.74. The minimum absolute atomic E-state index is 0.209. The molecule has 1 atom stereocenters. The van der Waals surface area contributed by atoms with Gasteiger partial charge in [0.25, 0.3) is 0 Å². The number of nitrogens with zero attached hydrogens (tertiary/aromatic N) is 5. The van der Waals surface area contributed by atoms with E-state index >= 15 is 0 Å². The zero-order valence-corrected chi connectivity index (χ0v) is 17.0. The number of rotatable bonds is 0. The van der Waals surface area contributed by atoms with Gasteiger partial charge in [0.2, 0.25) is 0 Å². The van der Waals surface area contributed by atoms with Crippen molar-refractivity contribution in [3.8, 4) is 22.9 Å². The normalized spacial score (nSPS) is 15.9. The zero-order valence-electron chi connectivity index (χ0n) is 17.0. The molecule has 1 unspecified atom stereocenters. The molecule has 7 nitrogen and oxygen atoms in total. The van der Waals surface area contributed by atoms with Gasteiger partial charge in [-0.2, -0.15) is 10.4 Å². The van der Waals surface area contributed by atoms with Gasteiger partial charge in [-0.3, -0.25) is 4.68 Å². The van der Waals surface area contributed by atoms with Crippen LogP contribution in [0.4, 0.5) is 10.2 Å². The molecule has 0 aliphatic carbocycles. The molecule has 152 valence electrons. The topological polar surface area (TPSA) is 93.0 Å². The summed E-state index contributed by atoms with van der Waals surface area (Å²) in [6.07, 6.45) is 1.09. The van der Waals surface area contributed by atoms with E-state index in [1.165, 1.54) is 12.1 Å². The number of nitrogen functional groups attached to an aromatic ring is 1. The highest BCUT2D eigenvalue weighted by Gasteiger charge is 2.24. The lowest BCUT2D eigenvalue weighted by atomic mass is 9.99. The van der Waals surface area contributed by atoms with Crippen LogP contribution in [0.2, 0.25) is 0 Å². The van der Waals surface area contributed by atoms with E-state index in [1.54, 1.807) is 30.1 Å². The second-order valence-electron chi connectivity index (χ2n) is 7.31. The quantitative estimate of drug-likeness (QED) is 0.615. The van der Waals surface area contributed by atoms with Gasteiger partial charge in [0.05, 0.1) is 12.2 Å². The fourth-order valence-electron chi connectivity index (χ4n) is 3.72. The molecule has 3 heterocycles. The Balaban J connectivity index is 1.98. The van der Waals surface area contributed by atoms with E-state index in [1.807, 2.05) is 18.9 Å². The molecule has 2 aromatic heterocycles. The molecule has 0 fully saturated rings. The highest BCUT2D eigenvalue weighted by atomic mass is 19.1. The third kappa shape index (κ3) is 3.14. The molecule has 8 heteroatoms. The summed E-state index contributed by atoms with van der Waals surface area (Å²) < 4.78 is 21.7. The van der Waals surface area contributed by atoms with E-state index in [0.29, 0.717) is 46.1 Å². The van der Waals surface area contributed by atoms with Crippen LogP contribution in [0.25, 0.3) is 16.8 Å². The number of aryl methyl sites for hydroxylation is 1. The third-order valence-electron chi connectivity index (χ3n) is 5.31. The molecule has 1 aliphatic rings. The van der Waals surface area contributed by atoms with E-state index in [9.17, 15) is 9.65 Å². The van der Waals surface area contributed by atoms with Gasteiger partial charge in [0.15, 0.2) is 11.6 Å². The molecule has 0 saturated carbocycles. The van der Waals surface area contributed by atoms with Crippen molar-refractivity contribution in [2.75, 3.05) is 12.8 Å². The van der Waals surface area contributed by atoms with E-state index in [2.05, 4.69) is 22.7 Å². The minimum Gasteiger partial charge on any atom is -0.482 e. The molecule has 1 aromatic carbocycles. The number of hydrogen-bond donors (Lipinski definition) is 1. The van der Waals surface area contributed by atoms with Crippen molar-refractivity contribution in [3.63, 3.8) is 0 Å². The molecule has 3 aromatic rings. The number of fused-ring (bicyclic) bond motifs is 5. The maximum absolute atomic E-state index is 14.1. The van der Waals surface area contributed by atoms with Gasteiger partial charge < -0.3 is 15.4 Å². The molecule has 0 radical (unpaired) electrons.